The molecule has 0 aliphatic carbocycles. The van der Waals surface area contributed by atoms with Crippen LogP contribution in [0.5, 0.6) is 0 Å². The predicted octanol–water partition coefficient (Wildman–Crippen LogP) is 18.2. The summed E-state index contributed by atoms with van der Waals surface area (Å²) in [5, 5.41) is 9.27. The first kappa shape index (κ1) is 38.2. The Balaban J connectivity index is 0.900. The van der Waals surface area contributed by atoms with Gasteiger partial charge in [-0.05, 0) is 118 Å². The molecule has 68 heavy (non-hydrogen) atoms. The number of anilines is 3. The molecule has 14 rings (SSSR count). The van der Waals surface area contributed by atoms with Crippen LogP contribution in [0.2, 0.25) is 0 Å². The van der Waals surface area contributed by atoms with Crippen LogP contribution in [-0.2, 0) is 0 Å². The maximum absolute atomic E-state index is 6.64. The molecular weight excluding hydrogens is 829 g/mol. The van der Waals surface area contributed by atoms with Crippen molar-refractivity contribution in [1.29, 1.82) is 0 Å². The number of benzene rings is 11. The number of rotatable bonds is 7. The molecule has 0 radical (unpaired) electrons. The Morgan fingerprint density at radius 1 is 0.309 bits per heavy atom. The Kier molecular flexibility index (Phi) is 8.55. The van der Waals surface area contributed by atoms with E-state index >= 15 is 0 Å². The smallest absolute Gasteiger partial charge is 0.143 e. The van der Waals surface area contributed by atoms with E-state index in [0.717, 1.165) is 99.8 Å². The molecule has 0 amide bonds. The van der Waals surface area contributed by atoms with Crippen molar-refractivity contribution in [3.8, 4) is 39.1 Å². The summed E-state index contributed by atoms with van der Waals surface area (Å²) in [6.45, 7) is 0. The van der Waals surface area contributed by atoms with Crippen LogP contribution in [0.1, 0.15) is 0 Å². The monoisotopic (exact) mass is 868 g/mol. The second kappa shape index (κ2) is 15.2. The fourth-order valence-corrected chi connectivity index (χ4v) is 10.6. The Bertz CT molecular complexity index is 4210. The van der Waals surface area contributed by atoms with Crippen LogP contribution in [0.4, 0.5) is 17.1 Å². The second-order valence-electron chi connectivity index (χ2n) is 17.6. The zero-order valence-electron chi connectivity index (χ0n) is 36.8. The lowest BCUT2D eigenvalue weighted by Gasteiger charge is -2.26. The van der Waals surface area contributed by atoms with Crippen molar-refractivity contribution in [2.45, 2.75) is 0 Å². The Hall–Kier alpha value is -9.12. The fourth-order valence-electron chi connectivity index (χ4n) is 10.6. The van der Waals surface area contributed by atoms with E-state index in [-0.39, 0.29) is 0 Å². The number of fused-ring (bicyclic) bond motifs is 11. The number of para-hydroxylation sites is 4. The summed E-state index contributed by atoms with van der Waals surface area (Å²) < 4.78 is 15.2. The van der Waals surface area contributed by atoms with E-state index in [2.05, 4.69) is 240 Å². The number of aromatic nitrogens is 1. The first-order chi connectivity index (χ1) is 33.7. The average molecular weight is 869 g/mol. The molecule has 0 N–H and O–H groups in total. The minimum Gasteiger partial charge on any atom is -0.456 e. The Labute approximate surface area is 391 Å². The van der Waals surface area contributed by atoms with Crippen molar-refractivity contribution in [2.75, 3.05) is 4.90 Å². The van der Waals surface area contributed by atoms with Gasteiger partial charge in [0.05, 0.1) is 16.7 Å². The normalized spacial score (nSPS) is 11.8. The van der Waals surface area contributed by atoms with Crippen molar-refractivity contribution in [2.24, 2.45) is 0 Å². The van der Waals surface area contributed by atoms with Gasteiger partial charge in [0.15, 0.2) is 0 Å². The highest BCUT2D eigenvalue weighted by molar-refractivity contribution is 6.19. The SMILES string of the molecule is c1cc(-c2cccc3oc4c5ccccc5ccc4c23)cc(N(c2ccc(-c3ccc4oc5ccccc5c4c3)cc2)c2ccc(-c3ccccc3-n3c4ccccc4c4ccccc43)cc2)c1. The summed E-state index contributed by atoms with van der Waals surface area (Å²) in [4.78, 5) is 2.36. The van der Waals surface area contributed by atoms with Crippen LogP contribution in [-0.4, -0.2) is 4.57 Å². The first-order valence-electron chi connectivity index (χ1n) is 23.2. The van der Waals surface area contributed by atoms with Crippen molar-refractivity contribution >= 4 is 93.5 Å². The number of nitrogens with zero attached hydrogens (tertiary/aromatic N) is 2. The van der Waals surface area contributed by atoms with Gasteiger partial charge in [0.25, 0.3) is 0 Å². The lowest BCUT2D eigenvalue weighted by Crippen LogP contribution is -2.10. The van der Waals surface area contributed by atoms with Gasteiger partial charge in [-0.1, -0.05) is 158 Å². The van der Waals surface area contributed by atoms with E-state index in [1.54, 1.807) is 0 Å². The van der Waals surface area contributed by atoms with E-state index in [9.17, 15) is 0 Å². The summed E-state index contributed by atoms with van der Waals surface area (Å²) in [7, 11) is 0. The fraction of sp³-hybridized carbons (Fsp3) is 0. The highest BCUT2D eigenvalue weighted by Crippen LogP contribution is 2.44. The van der Waals surface area contributed by atoms with Gasteiger partial charge in [-0.3, -0.25) is 0 Å². The van der Waals surface area contributed by atoms with Crippen molar-refractivity contribution in [1.82, 2.24) is 4.57 Å². The van der Waals surface area contributed by atoms with Gasteiger partial charge < -0.3 is 18.3 Å². The Morgan fingerprint density at radius 2 is 0.912 bits per heavy atom. The van der Waals surface area contributed by atoms with Gasteiger partial charge in [-0.2, -0.15) is 0 Å². The zero-order valence-corrected chi connectivity index (χ0v) is 36.8. The lowest BCUT2D eigenvalue weighted by molar-refractivity contribution is 0.669. The number of furan rings is 2. The van der Waals surface area contributed by atoms with E-state index in [1.807, 2.05) is 12.1 Å². The minimum atomic E-state index is 0.880. The molecule has 4 nitrogen and oxygen atoms in total. The van der Waals surface area contributed by atoms with E-state index < -0.39 is 0 Å². The third kappa shape index (κ3) is 6.01. The highest BCUT2D eigenvalue weighted by Gasteiger charge is 2.20. The maximum atomic E-state index is 6.64. The summed E-state index contributed by atoms with van der Waals surface area (Å²) in [5.74, 6) is 0. The van der Waals surface area contributed by atoms with Gasteiger partial charge in [0, 0.05) is 60.3 Å². The summed E-state index contributed by atoms with van der Waals surface area (Å²) in [6, 6.07) is 87.0. The molecule has 0 aliphatic rings. The predicted molar refractivity (Wildman–Crippen MR) is 284 cm³/mol. The van der Waals surface area contributed by atoms with Gasteiger partial charge in [0.2, 0.25) is 0 Å². The van der Waals surface area contributed by atoms with Crippen LogP contribution in [0, 0.1) is 0 Å². The van der Waals surface area contributed by atoms with Crippen LogP contribution in [0.25, 0.3) is 116 Å². The molecule has 0 saturated carbocycles. The molecule has 0 spiro atoms. The van der Waals surface area contributed by atoms with Gasteiger partial charge in [0.1, 0.15) is 22.3 Å². The van der Waals surface area contributed by atoms with Gasteiger partial charge in [-0.25, -0.2) is 0 Å². The molecule has 0 aliphatic heterocycles. The van der Waals surface area contributed by atoms with Crippen LogP contribution in [0.3, 0.4) is 0 Å². The van der Waals surface area contributed by atoms with Gasteiger partial charge >= 0.3 is 0 Å². The molecule has 4 heteroatoms. The number of hydrogen-bond donors (Lipinski definition) is 0. The number of hydrogen-bond acceptors (Lipinski definition) is 3. The maximum Gasteiger partial charge on any atom is 0.143 e. The van der Waals surface area contributed by atoms with E-state index in [1.165, 1.54) is 32.8 Å². The Morgan fingerprint density at radius 3 is 1.71 bits per heavy atom. The molecule has 11 aromatic carbocycles. The first-order valence-corrected chi connectivity index (χ1v) is 23.2. The third-order valence-corrected chi connectivity index (χ3v) is 13.8. The molecule has 0 bridgehead atoms. The lowest BCUT2D eigenvalue weighted by atomic mass is 9.97. The largest absolute Gasteiger partial charge is 0.456 e. The zero-order chi connectivity index (χ0) is 44.7. The standard InChI is InChI=1S/C64H40N2O2/c1-2-17-51-42(13-1)31-37-55-63-50(21-12-26-62(63)68-64(51)55)45-14-11-15-48(39-45)65(46-33-27-41(28-34-46)44-32-38-61-56(40-44)54-20-6-10-25-60(54)67-61)47-35-29-43(30-36-47)49-16-3-7-22-57(49)66-58-23-8-4-18-52(58)53-19-5-9-24-59(53)66/h1-40H. The molecule has 0 fully saturated rings. The van der Waals surface area contributed by atoms with Crippen LogP contribution in [0.15, 0.2) is 251 Å². The molecule has 318 valence electrons. The van der Waals surface area contributed by atoms with E-state index in [0.29, 0.717) is 0 Å². The molecule has 0 saturated heterocycles. The summed E-state index contributed by atoms with van der Waals surface area (Å²) in [5.41, 5.74) is 17.1. The molecule has 0 unspecified atom stereocenters. The van der Waals surface area contributed by atoms with Crippen molar-refractivity contribution in [3.63, 3.8) is 0 Å². The molecule has 3 heterocycles. The van der Waals surface area contributed by atoms with Crippen LogP contribution < -0.4 is 4.90 Å². The average Bonchev–Trinajstić information content (AvgIpc) is 4.09. The topological polar surface area (TPSA) is 34.5 Å². The minimum absolute atomic E-state index is 0.880. The van der Waals surface area contributed by atoms with E-state index in [4.69, 9.17) is 8.83 Å². The molecule has 14 aromatic rings. The molecule has 3 aromatic heterocycles. The quantitative estimate of drug-likeness (QED) is 0.160. The summed E-state index contributed by atoms with van der Waals surface area (Å²) in [6.07, 6.45) is 0. The van der Waals surface area contributed by atoms with Crippen LogP contribution >= 0.6 is 0 Å². The van der Waals surface area contributed by atoms with Crippen molar-refractivity contribution in [3.05, 3.63) is 243 Å². The van der Waals surface area contributed by atoms with Gasteiger partial charge in [-0.15, -0.1) is 0 Å². The molecule has 0 atom stereocenters. The third-order valence-electron chi connectivity index (χ3n) is 13.8. The molecular formula is C64H40N2O2. The highest BCUT2D eigenvalue weighted by atomic mass is 16.3. The summed E-state index contributed by atoms with van der Waals surface area (Å²) >= 11 is 0. The van der Waals surface area contributed by atoms with Crippen molar-refractivity contribution < 1.29 is 8.83 Å². The second-order valence-corrected chi connectivity index (χ2v) is 17.6.